The minimum atomic E-state index is 0.0703. The van der Waals surface area contributed by atoms with Gasteiger partial charge in [-0.3, -0.25) is 0 Å². The fourth-order valence-corrected chi connectivity index (χ4v) is 2.00. The van der Waals surface area contributed by atoms with Crippen LogP contribution in [0.5, 0.6) is 0 Å². The van der Waals surface area contributed by atoms with E-state index in [0.717, 1.165) is 10.1 Å². The Bertz CT molecular complexity index is 499. The highest BCUT2D eigenvalue weighted by atomic mass is 35.5. The van der Waals surface area contributed by atoms with Gasteiger partial charge in [0.1, 0.15) is 5.01 Å². The van der Waals surface area contributed by atoms with Crippen molar-refractivity contribution in [2.24, 2.45) is 0 Å². The van der Waals surface area contributed by atoms with Crippen molar-refractivity contribution in [3.63, 3.8) is 0 Å². The second kappa shape index (κ2) is 4.72. The molecule has 0 atom stereocenters. The molecule has 2 aromatic rings. The first kappa shape index (κ1) is 12.5. The molecule has 17 heavy (non-hydrogen) atoms. The molecule has 0 unspecified atom stereocenters. The number of hydrogen-bond acceptors (Lipinski definition) is 5. The zero-order valence-corrected chi connectivity index (χ0v) is 11.5. The number of halogens is 1. The monoisotopic (exact) mass is 271 g/mol. The molecule has 1 N–H and O–H groups in total. The van der Waals surface area contributed by atoms with E-state index in [1.54, 1.807) is 17.1 Å². The summed E-state index contributed by atoms with van der Waals surface area (Å²) in [7, 11) is 0. The smallest absolute Gasteiger partial charge is 0.232 e. The Hall–Kier alpha value is -0.980. The molecule has 0 aliphatic rings. The first-order valence-electron chi connectivity index (χ1n) is 5.22. The molecule has 0 saturated carbocycles. The van der Waals surface area contributed by atoms with Crippen molar-refractivity contribution in [1.82, 2.24) is 25.3 Å². The fourth-order valence-electron chi connectivity index (χ4n) is 1.15. The maximum absolute atomic E-state index is 5.80. The van der Waals surface area contributed by atoms with E-state index in [4.69, 9.17) is 11.6 Å². The normalized spacial score (nSPS) is 12.0. The van der Waals surface area contributed by atoms with Gasteiger partial charge in [-0.05, 0) is 20.8 Å². The van der Waals surface area contributed by atoms with Gasteiger partial charge < -0.3 is 5.32 Å². The summed E-state index contributed by atoms with van der Waals surface area (Å²) in [5.74, 6) is 0. The minimum absolute atomic E-state index is 0.0703. The van der Waals surface area contributed by atoms with Gasteiger partial charge in [-0.25, -0.2) is 4.68 Å². The van der Waals surface area contributed by atoms with Crippen LogP contribution in [0.1, 0.15) is 25.8 Å². The molecule has 92 valence electrons. The molecule has 2 heterocycles. The van der Waals surface area contributed by atoms with Crippen LogP contribution >= 0.6 is 22.9 Å². The molecule has 2 rings (SSSR count). The highest BCUT2D eigenvalue weighted by Gasteiger charge is 2.12. The standard InChI is InChI=1S/C10H14ClN5S/c1-10(2,3)12-5-8-14-15-9(17-8)16-6-7(11)4-13-16/h4,6,12H,5H2,1-3H3. The average molecular weight is 272 g/mol. The molecule has 0 aliphatic carbocycles. The molecule has 5 nitrogen and oxygen atoms in total. The third kappa shape index (κ3) is 3.49. The zero-order chi connectivity index (χ0) is 12.5. The van der Waals surface area contributed by atoms with Gasteiger partial charge in [0.25, 0.3) is 0 Å². The van der Waals surface area contributed by atoms with Gasteiger partial charge in [0.05, 0.1) is 24.0 Å². The van der Waals surface area contributed by atoms with Crippen LogP contribution in [0, 0.1) is 0 Å². The minimum Gasteiger partial charge on any atom is -0.306 e. The largest absolute Gasteiger partial charge is 0.306 e. The van der Waals surface area contributed by atoms with Crippen molar-refractivity contribution in [3.8, 4) is 5.13 Å². The summed E-state index contributed by atoms with van der Waals surface area (Å²) >= 11 is 7.30. The Balaban J connectivity index is 2.06. The predicted octanol–water partition coefficient (Wildman–Crippen LogP) is 2.27. The summed E-state index contributed by atoms with van der Waals surface area (Å²) in [6.45, 7) is 7.04. The first-order valence-corrected chi connectivity index (χ1v) is 6.41. The van der Waals surface area contributed by atoms with E-state index < -0.39 is 0 Å². The molecular weight excluding hydrogens is 258 g/mol. The summed E-state index contributed by atoms with van der Waals surface area (Å²) in [6, 6.07) is 0. The fraction of sp³-hybridized carbons (Fsp3) is 0.500. The number of aromatic nitrogens is 4. The van der Waals surface area contributed by atoms with Gasteiger partial charge in [-0.15, -0.1) is 10.2 Å². The summed E-state index contributed by atoms with van der Waals surface area (Å²) in [5.41, 5.74) is 0.0703. The van der Waals surface area contributed by atoms with Crippen molar-refractivity contribution in [2.75, 3.05) is 0 Å². The number of nitrogens with one attached hydrogen (secondary N) is 1. The predicted molar refractivity (Wildman–Crippen MR) is 68.6 cm³/mol. The average Bonchev–Trinajstić information content (AvgIpc) is 2.81. The van der Waals surface area contributed by atoms with Gasteiger partial charge in [0, 0.05) is 5.54 Å². The van der Waals surface area contributed by atoms with Crippen LogP contribution in [0.3, 0.4) is 0 Å². The second-order valence-corrected chi connectivity index (χ2v) is 6.16. The lowest BCUT2D eigenvalue weighted by atomic mass is 10.1. The summed E-state index contributed by atoms with van der Waals surface area (Å²) in [6.07, 6.45) is 3.29. The SMILES string of the molecule is CC(C)(C)NCc1nnc(-n2cc(Cl)cn2)s1. The molecule has 7 heteroatoms. The second-order valence-electron chi connectivity index (χ2n) is 4.69. The molecule has 0 fully saturated rings. The lowest BCUT2D eigenvalue weighted by Gasteiger charge is -2.19. The lowest BCUT2D eigenvalue weighted by molar-refractivity contribution is 0.423. The quantitative estimate of drug-likeness (QED) is 0.930. The molecule has 0 radical (unpaired) electrons. The topological polar surface area (TPSA) is 55.6 Å². The number of rotatable bonds is 3. The van der Waals surface area contributed by atoms with E-state index in [0.29, 0.717) is 11.6 Å². The van der Waals surface area contributed by atoms with E-state index in [-0.39, 0.29) is 5.54 Å². The van der Waals surface area contributed by atoms with E-state index in [2.05, 4.69) is 41.4 Å². The van der Waals surface area contributed by atoms with Crippen molar-refractivity contribution < 1.29 is 0 Å². The van der Waals surface area contributed by atoms with Gasteiger partial charge in [0.15, 0.2) is 0 Å². The molecule has 0 amide bonds. The molecule has 0 bridgehead atoms. The molecular formula is C10H14ClN5S. The van der Waals surface area contributed by atoms with Crippen LogP contribution in [-0.2, 0) is 6.54 Å². The van der Waals surface area contributed by atoms with Gasteiger partial charge >= 0.3 is 0 Å². The van der Waals surface area contributed by atoms with E-state index in [1.807, 2.05) is 0 Å². The van der Waals surface area contributed by atoms with E-state index in [1.165, 1.54) is 11.3 Å². The Labute approximate surface area is 109 Å². The van der Waals surface area contributed by atoms with Crippen LogP contribution in [-0.4, -0.2) is 25.5 Å². The highest BCUT2D eigenvalue weighted by Crippen LogP contribution is 2.16. The maximum atomic E-state index is 5.80. The third-order valence-electron chi connectivity index (χ3n) is 1.97. The zero-order valence-electron chi connectivity index (χ0n) is 9.94. The number of hydrogen-bond donors (Lipinski definition) is 1. The van der Waals surface area contributed by atoms with Crippen molar-refractivity contribution in [1.29, 1.82) is 0 Å². The molecule has 0 aromatic carbocycles. The van der Waals surface area contributed by atoms with Gasteiger partial charge in [-0.1, -0.05) is 22.9 Å². The molecule has 0 saturated heterocycles. The molecule has 0 aliphatic heterocycles. The van der Waals surface area contributed by atoms with Crippen molar-refractivity contribution in [3.05, 3.63) is 22.4 Å². The van der Waals surface area contributed by atoms with E-state index >= 15 is 0 Å². The Morgan fingerprint density at radius 2 is 2.18 bits per heavy atom. The molecule has 0 spiro atoms. The van der Waals surface area contributed by atoms with Crippen molar-refractivity contribution >= 4 is 22.9 Å². The van der Waals surface area contributed by atoms with Crippen LogP contribution < -0.4 is 5.32 Å². The van der Waals surface area contributed by atoms with Crippen LogP contribution in [0.4, 0.5) is 0 Å². The highest BCUT2D eigenvalue weighted by molar-refractivity contribution is 7.13. The van der Waals surface area contributed by atoms with Gasteiger partial charge in [0.2, 0.25) is 5.13 Å². The van der Waals surface area contributed by atoms with Crippen molar-refractivity contribution in [2.45, 2.75) is 32.9 Å². The summed E-state index contributed by atoms with van der Waals surface area (Å²) in [4.78, 5) is 0. The van der Waals surface area contributed by atoms with Crippen LogP contribution in [0.25, 0.3) is 5.13 Å². The first-order chi connectivity index (χ1) is 7.94. The summed E-state index contributed by atoms with van der Waals surface area (Å²) < 4.78 is 1.63. The summed E-state index contributed by atoms with van der Waals surface area (Å²) in [5, 5.41) is 17.9. The maximum Gasteiger partial charge on any atom is 0.232 e. The third-order valence-corrected chi connectivity index (χ3v) is 3.08. The molecule has 2 aromatic heterocycles. The van der Waals surface area contributed by atoms with Gasteiger partial charge in [-0.2, -0.15) is 5.10 Å². The Morgan fingerprint density at radius 1 is 1.41 bits per heavy atom. The Kier molecular flexibility index (Phi) is 3.46. The van der Waals surface area contributed by atoms with Crippen LogP contribution in [0.2, 0.25) is 5.02 Å². The van der Waals surface area contributed by atoms with Crippen LogP contribution in [0.15, 0.2) is 12.4 Å². The number of nitrogens with zero attached hydrogens (tertiary/aromatic N) is 4. The van der Waals surface area contributed by atoms with E-state index in [9.17, 15) is 0 Å². The Morgan fingerprint density at radius 3 is 2.76 bits per heavy atom. The lowest BCUT2D eigenvalue weighted by Crippen LogP contribution is -2.35.